The van der Waals surface area contributed by atoms with Crippen molar-refractivity contribution in [1.82, 2.24) is 5.32 Å². The van der Waals surface area contributed by atoms with E-state index >= 15 is 0 Å². The summed E-state index contributed by atoms with van der Waals surface area (Å²) < 4.78 is 4.94. The van der Waals surface area contributed by atoms with Gasteiger partial charge in [-0.25, -0.2) is 0 Å². The second kappa shape index (κ2) is 6.39. The van der Waals surface area contributed by atoms with Gasteiger partial charge in [0.15, 0.2) is 0 Å². The molecule has 0 fully saturated rings. The van der Waals surface area contributed by atoms with Crippen LogP contribution in [0.1, 0.15) is 6.92 Å². The van der Waals surface area contributed by atoms with Crippen molar-refractivity contribution in [2.24, 2.45) is 0 Å². The summed E-state index contributed by atoms with van der Waals surface area (Å²) in [5.74, 6) is -2.54. The topological polar surface area (TPSA) is 105 Å². The van der Waals surface area contributed by atoms with Crippen LogP contribution in [0.4, 0.5) is 5.69 Å². The molecule has 0 aromatic heterocycles. The predicted octanol–water partition coefficient (Wildman–Crippen LogP) is 0.223. The lowest BCUT2D eigenvalue weighted by atomic mass is 10.3. The molecule has 0 saturated carbocycles. The van der Waals surface area contributed by atoms with E-state index in [-0.39, 0.29) is 0 Å². The van der Waals surface area contributed by atoms with Crippen molar-refractivity contribution >= 4 is 23.5 Å². The van der Waals surface area contributed by atoms with Gasteiger partial charge in [0.1, 0.15) is 11.8 Å². The maximum atomic E-state index is 11.5. The van der Waals surface area contributed by atoms with E-state index in [2.05, 4.69) is 5.32 Å². The highest BCUT2D eigenvalue weighted by atomic mass is 16.5. The second-order valence-electron chi connectivity index (χ2n) is 3.72. The summed E-state index contributed by atoms with van der Waals surface area (Å²) in [7, 11) is 1.51. The van der Waals surface area contributed by atoms with E-state index in [4.69, 9.17) is 9.84 Å². The van der Waals surface area contributed by atoms with Crippen LogP contribution in [0.3, 0.4) is 0 Å². The Hall–Kier alpha value is -2.57. The van der Waals surface area contributed by atoms with E-state index in [0.29, 0.717) is 11.4 Å². The smallest absolute Gasteiger partial charge is 0.325 e. The fraction of sp³-hybridized carbons (Fsp3) is 0.250. The van der Waals surface area contributed by atoms with Crippen molar-refractivity contribution in [3.05, 3.63) is 24.3 Å². The van der Waals surface area contributed by atoms with Gasteiger partial charge < -0.3 is 20.5 Å². The van der Waals surface area contributed by atoms with Gasteiger partial charge in [-0.15, -0.1) is 0 Å². The molecule has 0 aliphatic heterocycles. The van der Waals surface area contributed by atoms with E-state index in [1.807, 2.05) is 5.32 Å². The van der Waals surface area contributed by atoms with Crippen LogP contribution in [0.2, 0.25) is 0 Å². The van der Waals surface area contributed by atoms with Crippen molar-refractivity contribution in [3.8, 4) is 5.75 Å². The number of rotatable bonds is 4. The van der Waals surface area contributed by atoms with Crippen LogP contribution in [0.5, 0.6) is 5.75 Å². The molecule has 0 aliphatic carbocycles. The third kappa shape index (κ3) is 4.30. The van der Waals surface area contributed by atoms with Gasteiger partial charge in [0.25, 0.3) is 0 Å². The number of carboxylic acids is 1. The summed E-state index contributed by atoms with van der Waals surface area (Å²) in [6, 6.07) is 5.23. The van der Waals surface area contributed by atoms with Crippen LogP contribution in [0.25, 0.3) is 0 Å². The van der Waals surface area contributed by atoms with E-state index in [9.17, 15) is 14.4 Å². The Balaban J connectivity index is 2.58. The number of anilines is 1. The number of hydrogen-bond donors (Lipinski definition) is 3. The zero-order chi connectivity index (χ0) is 14.4. The molecule has 0 unspecified atom stereocenters. The Morgan fingerprint density at radius 3 is 2.21 bits per heavy atom. The Morgan fingerprint density at radius 1 is 1.16 bits per heavy atom. The zero-order valence-corrected chi connectivity index (χ0v) is 10.5. The minimum atomic E-state index is -1.22. The van der Waals surface area contributed by atoms with E-state index in [0.717, 1.165) is 0 Å². The molecular weight excluding hydrogens is 252 g/mol. The summed E-state index contributed by atoms with van der Waals surface area (Å²) in [6.45, 7) is 1.26. The Labute approximate surface area is 109 Å². The first-order valence-corrected chi connectivity index (χ1v) is 5.42. The van der Waals surface area contributed by atoms with Crippen LogP contribution in [-0.4, -0.2) is 36.0 Å². The Bertz CT molecular complexity index is 483. The van der Waals surface area contributed by atoms with Crippen molar-refractivity contribution < 1.29 is 24.2 Å². The maximum absolute atomic E-state index is 11.5. The zero-order valence-electron chi connectivity index (χ0n) is 10.5. The minimum absolute atomic E-state index is 0.406. The third-order valence-corrected chi connectivity index (χ3v) is 2.27. The molecule has 1 atom stereocenters. The minimum Gasteiger partial charge on any atom is -0.497 e. The first-order chi connectivity index (χ1) is 8.93. The molecule has 102 valence electrons. The lowest BCUT2D eigenvalue weighted by Gasteiger charge is -2.09. The molecule has 0 aliphatic rings. The Kier molecular flexibility index (Phi) is 4.87. The summed E-state index contributed by atoms with van der Waals surface area (Å²) in [5, 5.41) is 13.0. The number of nitrogens with one attached hydrogen (secondary N) is 2. The quantitative estimate of drug-likeness (QED) is 0.676. The van der Waals surface area contributed by atoms with Gasteiger partial charge in [-0.2, -0.15) is 0 Å². The number of aliphatic carboxylic acids is 1. The first kappa shape index (κ1) is 14.5. The van der Waals surface area contributed by atoms with Gasteiger partial charge in [0.2, 0.25) is 0 Å². The molecule has 0 heterocycles. The van der Waals surface area contributed by atoms with Crippen molar-refractivity contribution in [3.63, 3.8) is 0 Å². The number of hydrogen-bond acceptors (Lipinski definition) is 4. The molecule has 7 heteroatoms. The number of carboxylic acid groups (broad SMARTS) is 1. The number of ether oxygens (including phenoxy) is 1. The monoisotopic (exact) mass is 266 g/mol. The molecule has 0 saturated heterocycles. The van der Waals surface area contributed by atoms with Gasteiger partial charge in [0.05, 0.1) is 7.11 Å². The average Bonchev–Trinajstić information content (AvgIpc) is 2.39. The van der Waals surface area contributed by atoms with Gasteiger partial charge >= 0.3 is 17.8 Å². The van der Waals surface area contributed by atoms with Crippen LogP contribution in [-0.2, 0) is 14.4 Å². The normalized spacial score (nSPS) is 11.3. The van der Waals surface area contributed by atoms with Crippen LogP contribution >= 0.6 is 0 Å². The highest BCUT2D eigenvalue weighted by Gasteiger charge is 2.19. The largest absolute Gasteiger partial charge is 0.497 e. The molecule has 1 rings (SSSR count). The van der Waals surface area contributed by atoms with Gasteiger partial charge in [0, 0.05) is 5.69 Å². The summed E-state index contributed by atoms with van der Waals surface area (Å²) in [4.78, 5) is 33.4. The molecule has 0 bridgehead atoms. The number of carbonyl (C=O) groups is 3. The predicted molar refractivity (Wildman–Crippen MR) is 66.9 cm³/mol. The lowest BCUT2D eigenvalue weighted by molar-refractivity contribution is -0.143. The fourth-order valence-electron chi connectivity index (χ4n) is 1.19. The summed E-state index contributed by atoms with van der Waals surface area (Å²) in [6.07, 6.45) is 0. The first-order valence-electron chi connectivity index (χ1n) is 5.42. The molecule has 0 spiro atoms. The van der Waals surface area contributed by atoms with Gasteiger partial charge in [-0.3, -0.25) is 14.4 Å². The standard InChI is InChI=1S/C12H14N2O5/c1-7(12(17)18)13-10(15)11(16)14-8-3-5-9(19-2)6-4-8/h3-7H,1-2H3,(H,13,15)(H,14,16)(H,17,18)/t7-/m0/s1. The van der Waals surface area contributed by atoms with Gasteiger partial charge in [-0.1, -0.05) is 0 Å². The fourth-order valence-corrected chi connectivity index (χ4v) is 1.19. The molecule has 7 nitrogen and oxygen atoms in total. The molecule has 19 heavy (non-hydrogen) atoms. The lowest BCUT2D eigenvalue weighted by Crippen LogP contribution is -2.44. The molecule has 1 aromatic rings. The highest BCUT2D eigenvalue weighted by molar-refractivity contribution is 6.39. The Morgan fingerprint density at radius 2 is 1.74 bits per heavy atom. The van der Waals surface area contributed by atoms with Crippen LogP contribution < -0.4 is 15.4 Å². The van der Waals surface area contributed by atoms with Gasteiger partial charge in [-0.05, 0) is 31.2 Å². The molecule has 0 radical (unpaired) electrons. The number of methoxy groups -OCH3 is 1. The number of carbonyl (C=O) groups excluding carboxylic acids is 2. The SMILES string of the molecule is COc1ccc(NC(=O)C(=O)N[C@@H](C)C(=O)O)cc1. The van der Waals surface area contributed by atoms with Crippen LogP contribution in [0.15, 0.2) is 24.3 Å². The number of amides is 2. The average molecular weight is 266 g/mol. The molecule has 1 aromatic carbocycles. The highest BCUT2D eigenvalue weighted by Crippen LogP contribution is 2.14. The van der Waals surface area contributed by atoms with E-state index in [1.54, 1.807) is 24.3 Å². The van der Waals surface area contributed by atoms with E-state index in [1.165, 1.54) is 14.0 Å². The van der Waals surface area contributed by atoms with E-state index < -0.39 is 23.8 Å². The third-order valence-electron chi connectivity index (χ3n) is 2.27. The summed E-state index contributed by atoms with van der Waals surface area (Å²) in [5.41, 5.74) is 0.406. The van der Waals surface area contributed by atoms with Crippen molar-refractivity contribution in [2.75, 3.05) is 12.4 Å². The number of benzene rings is 1. The molecule has 2 amide bonds. The maximum Gasteiger partial charge on any atom is 0.325 e. The summed E-state index contributed by atoms with van der Waals surface area (Å²) >= 11 is 0. The molecule has 3 N–H and O–H groups in total. The van der Waals surface area contributed by atoms with Crippen molar-refractivity contribution in [2.45, 2.75) is 13.0 Å². The van der Waals surface area contributed by atoms with Crippen molar-refractivity contribution in [1.29, 1.82) is 0 Å². The second-order valence-corrected chi connectivity index (χ2v) is 3.72. The molecular formula is C12H14N2O5. The van der Waals surface area contributed by atoms with Crippen LogP contribution in [0, 0.1) is 0 Å².